The van der Waals surface area contributed by atoms with E-state index in [1.807, 2.05) is 13.8 Å². The molecule has 0 radical (unpaired) electrons. The predicted octanol–water partition coefficient (Wildman–Crippen LogP) is 3.62. The van der Waals surface area contributed by atoms with Crippen LogP contribution in [0.5, 0.6) is 0 Å². The molecule has 1 heterocycles. The van der Waals surface area contributed by atoms with Crippen LogP contribution in [-0.2, 0) is 6.54 Å². The molecule has 0 aliphatic carbocycles. The Kier molecular flexibility index (Phi) is 6.63. The summed E-state index contributed by atoms with van der Waals surface area (Å²) in [6.45, 7) is 7.64. The molecule has 1 aromatic rings. The maximum absolute atomic E-state index is 12.8. The summed E-state index contributed by atoms with van der Waals surface area (Å²) < 4.78 is 39.7. The van der Waals surface area contributed by atoms with E-state index in [4.69, 9.17) is 0 Å². The number of pyridine rings is 1. The summed E-state index contributed by atoms with van der Waals surface area (Å²) in [5.41, 5.74) is -0.327. The third-order valence-corrected chi connectivity index (χ3v) is 3.77. The maximum atomic E-state index is 12.8. The number of rotatable bonds is 6. The van der Waals surface area contributed by atoms with Crippen molar-refractivity contribution < 1.29 is 18.0 Å². The van der Waals surface area contributed by atoms with Crippen LogP contribution in [0.15, 0.2) is 17.1 Å². The Morgan fingerprint density at radius 1 is 1.25 bits per heavy atom. The zero-order chi connectivity index (χ0) is 18.7. The molecule has 24 heavy (non-hydrogen) atoms. The third-order valence-electron chi connectivity index (χ3n) is 3.77. The number of halogens is 3. The lowest BCUT2D eigenvalue weighted by molar-refractivity contribution is -0.143. The van der Waals surface area contributed by atoms with E-state index in [0.29, 0.717) is 22.9 Å². The fourth-order valence-corrected chi connectivity index (χ4v) is 2.32. The maximum Gasteiger partial charge on any atom is 0.406 e. The average Bonchev–Trinajstić information content (AvgIpc) is 2.42. The normalized spacial score (nSPS) is 12.1. The molecule has 136 valence electrons. The molecule has 0 aromatic carbocycles. The second-order valence-electron chi connectivity index (χ2n) is 6.70. The minimum atomic E-state index is -4.51. The molecule has 1 aromatic heterocycles. The molecule has 0 N–H and O–H groups in total. The van der Waals surface area contributed by atoms with Crippen LogP contribution in [0, 0.1) is 12.8 Å². The number of hydrogen-bond acceptors (Lipinski definition) is 2. The lowest BCUT2D eigenvalue weighted by Crippen LogP contribution is -2.45. The molecule has 1 rings (SSSR count). The molecular formula is C17H25F3N2O2. The SMILES string of the molecule is Cc1ccn(CCC(C)C)c(=O)c1C(=O)N(CC(F)(F)F)C(C)C. The zero-order valence-corrected chi connectivity index (χ0v) is 14.8. The van der Waals surface area contributed by atoms with E-state index in [1.165, 1.54) is 18.4 Å². The second kappa shape index (κ2) is 7.85. The standard InChI is InChI=1S/C17H25F3N2O2/c1-11(2)6-8-21-9-7-13(5)14(15(21)23)16(24)22(12(3)4)10-17(18,19)20/h7,9,11-12H,6,8,10H2,1-5H3. The Morgan fingerprint density at radius 3 is 2.29 bits per heavy atom. The molecule has 0 unspecified atom stereocenters. The molecule has 0 atom stereocenters. The number of aromatic nitrogens is 1. The quantitative estimate of drug-likeness (QED) is 0.790. The predicted molar refractivity (Wildman–Crippen MR) is 87.1 cm³/mol. The molecule has 0 saturated heterocycles. The zero-order valence-electron chi connectivity index (χ0n) is 14.8. The van der Waals surface area contributed by atoms with Crippen molar-refractivity contribution in [2.75, 3.05) is 6.54 Å². The average molecular weight is 346 g/mol. The summed E-state index contributed by atoms with van der Waals surface area (Å²) in [5.74, 6) is -0.501. The van der Waals surface area contributed by atoms with Crippen LogP contribution in [0.1, 0.15) is 50.0 Å². The highest BCUT2D eigenvalue weighted by molar-refractivity contribution is 5.95. The first kappa shape index (κ1) is 20.3. The van der Waals surface area contributed by atoms with Crippen molar-refractivity contribution in [3.05, 3.63) is 33.7 Å². The Balaban J connectivity index is 3.25. The van der Waals surface area contributed by atoms with E-state index in [1.54, 1.807) is 19.2 Å². The first-order valence-corrected chi connectivity index (χ1v) is 8.01. The fraction of sp³-hybridized carbons (Fsp3) is 0.647. The van der Waals surface area contributed by atoms with Crippen LogP contribution < -0.4 is 5.56 Å². The van der Waals surface area contributed by atoms with Gasteiger partial charge in [-0.2, -0.15) is 13.2 Å². The molecule has 0 spiro atoms. The van der Waals surface area contributed by atoms with E-state index in [0.717, 1.165) is 6.42 Å². The van der Waals surface area contributed by atoms with Gasteiger partial charge in [0, 0.05) is 18.8 Å². The highest BCUT2D eigenvalue weighted by Gasteiger charge is 2.35. The molecule has 7 heteroatoms. The molecule has 0 aliphatic heterocycles. The number of hydrogen-bond donors (Lipinski definition) is 0. The summed E-state index contributed by atoms with van der Waals surface area (Å²) in [6.07, 6.45) is -2.19. The van der Waals surface area contributed by atoms with E-state index in [-0.39, 0.29) is 5.56 Å². The van der Waals surface area contributed by atoms with Crippen LogP contribution in [0.25, 0.3) is 0 Å². The van der Waals surface area contributed by atoms with Gasteiger partial charge < -0.3 is 9.47 Å². The number of nitrogens with zero attached hydrogens (tertiary/aromatic N) is 2. The van der Waals surface area contributed by atoms with Crippen molar-refractivity contribution in [1.29, 1.82) is 0 Å². The molecule has 1 amide bonds. The first-order valence-electron chi connectivity index (χ1n) is 8.01. The van der Waals surface area contributed by atoms with Gasteiger partial charge in [-0.1, -0.05) is 13.8 Å². The van der Waals surface area contributed by atoms with E-state index in [2.05, 4.69) is 0 Å². The Morgan fingerprint density at radius 2 is 1.83 bits per heavy atom. The lowest BCUT2D eigenvalue weighted by Gasteiger charge is -2.28. The van der Waals surface area contributed by atoms with Gasteiger partial charge in [0.1, 0.15) is 12.1 Å². The number of alkyl halides is 3. The Labute approximate surface area is 140 Å². The van der Waals surface area contributed by atoms with Crippen molar-refractivity contribution in [2.45, 2.75) is 59.8 Å². The molecule has 0 bridgehead atoms. The van der Waals surface area contributed by atoms with E-state index >= 15 is 0 Å². The largest absolute Gasteiger partial charge is 0.406 e. The van der Waals surface area contributed by atoms with Gasteiger partial charge in [-0.3, -0.25) is 9.59 Å². The van der Waals surface area contributed by atoms with Gasteiger partial charge in [0.25, 0.3) is 11.5 Å². The highest BCUT2D eigenvalue weighted by Crippen LogP contribution is 2.20. The number of aryl methyl sites for hydroxylation is 2. The van der Waals surface area contributed by atoms with Crippen LogP contribution in [0.4, 0.5) is 13.2 Å². The van der Waals surface area contributed by atoms with Crippen LogP contribution in [0.2, 0.25) is 0 Å². The third kappa shape index (κ3) is 5.39. The monoisotopic (exact) mass is 346 g/mol. The van der Waals surface area contributed by atoms with Gasteiger partial charge >= 0.3 is 6.18 Å². The molecular weight excluding hydrogens is 321 g/mol. The van der Waals surface area contributed by atoms with Crippen LogP contribution in [-0.4, -0.2) is 34.1 Å². The van der Waals surface area contributed by atoms with Crippen molar-refractivity contribution in [1.82, 2.24) is 9.47 Å². The van der Waals surface area contributed by atoms with Crippen molar-refractivity contribution >= 4 is 5.91 Å². The van der Waals surface area contributed by atoms with Crippen molar-refractivity contribution in [3.63, 3.8) is 0 Å². The second-order valence-corrected chi connectivity index (χ2v) is 6.70. The molecule has 4 nitrogen and oxygen atoms in total. The summed E-state index contributed by atoms with van der Waals surface area (Å²) in [6, 6.07) is 0.934. The molecule has 0 saturated carbocycles. The highest BCUT2D eigenvalue weighted by atomic mass is 19.4. The van der Waals surface area contributed by atoms with Gasteiger partial charge in [-0.15, -0.1) is 0 Å². The minimum absolute atomic E-state index is 0.181. The van der Waals surface area contributed by atoms with Gasteiger partial charge in [-0.25, -0.2) is 0 Å². The van der Waals surface area contributed by atoms with Gasteiger partial charge in [0.2, 0.25) is 0 Å². The number of carbonyl (C=O) groups excluding carboxylic acids is 1. The molecule has 0 fully saturated rings. The topological polar surface area (TPSA) is 42.3 Å². The van der Waals surface area contributed by atoms with Gasteiger partial charge in [0.05, 0.1) is 0 Å². The van der Waals surface area contributed by atoms with Crippen molar-refractivity contribution in [2.24, 2.45) is 5.92 Å². The summed E-state index contributed by atoms with van der Waals surface area (Å²) in [7, 11) is 0. The Bertz CT molecular complexity index is 634. The fourth-order valence-electron chi connectivity index (χ4n) is 2.32. The number of carbonyl (C=O) groups is 1. The van der Waals surface area contributed by atoms with Gasteiger partial charge in [0.15, 0.2) is 0 Å². The van der Waals surface area contributed by atoms with Gasteiger partial charge in [-0.05, 0) is 44.7 Å². The molecule has 0 aliphatic rings. The summed E-state index contributed by atoms with van der Waals surface area (Å²) >= 11 is 0. The van der Waals surface area contributed by atoms with Crippen LogP contribution >= 0.6 is 0 Å². The first-order chi connectivity index (χ1) is 10.9. The lowest BCUT2D eigenvalue weighted by atomic mass is 10.1. The smallest absolute Gasteiger partial charge is 0.327 e. The van der Waals surface area contributed by atoms with Crippen LogP contribution in [0.3, 0.4) is 0 Å². The van der Waals surface area contributed by atoms with E-state index < -0.39 is 30.2 Å². The summed E-state index contributed by atoms with van der Waals surface area (Å²) in [5, 5.41) is 0. The number of amides is 1. The Hall–Kier alpha value is -1.79. The summed E-state index contributed by atoms with van der Waals surface area (Å²) in [4.78, 5) is 25.9. The van der Waals surface area contributed by atoms with E-state index in [9.17, 15) is 22.8 Å². The minimum Gasteiger partial charge on any atom is -0.327 e. The van der Waals surface area contributed by atoms with Crippen molar-refractivity contribution in [3.8, 4) is 0 Å².